The second kappa shape index (κ2) is 1.82. The monoisotopic (exact) mass is 104 g/mol. The lowest BCUT2D eigenvalue weighted by Gasteiger charge is -1.98. The Hall–Kier alpha value is 0.270. The van der Waals surface area contributed by atoms with Gasteiger partial charge in [0, 0.05) is 0 Å². The molecule has 1 heterocycles. The number of nitrogens with zero attached hydrogens (tertiary/aromatic N) is 1. The fourth-order valence-electron chi connectivity index (χ4n) is 0.357. The molecule has 1 N–H and O–H groups in total. The highest BCUT2D eigenvalue weighted by atomic mass is 32.2. The van der Waals surface area contributed by atoms with Crippen LogP contribution >= 0.6 is 11.9 Å². The first-order valence-electron chi connectivity index (χ1n) is 1.93. The van der Waals surface area contributed by atoms with E-state index in [0.29, 0.717) is 0 Å². The van der Waals surface area contributed by atoms with Gasteiger partial charge in [0.1, 0.15) is 0 Å². The van der Waals surface area contributed by atoms with Crippen LogP contribution in [0, 0.1) is 0 Å². The molecule has 0 unspecified atom stereocenters. The highest BCUT2D eigenvalue weighted by Gasteiger charge is 2.02. The molecule has 1 fully saturated rings. The normalized spacial score (nSPS) is 25.5. The molecule has 6 heavy (non-hydrogen) atoms. The molecular formula is C3H8N2S. The van der Waals surface area contributed by atoms with Gasteiger partial charge in [0.05, 0.1) is 12.5 Å². The van der Waals surface area contributed by atoms with E-state index in [1.54, 1.807) is 11.9 Å². The largest absolute Gasteiger partial charge is 0.282 e. The first-order chi connectivity index (χ1) is 2.89. The third-order valence-corrected chi connectivity index (χ3v) is 1.62. The Kier molecular flexibility index (Phi) is 1.34. The molecule has 1 saturated heterocycles. The third kappa shape index (κ3) is 0.864. The van der Waals surface area contributed by atoms with Crippen LogP contribution in [0.15, 0.2) is 0 Å². The van der Waals surface area contributed by atoms with Crippen molar-refractivity contribution in [1.82, 2.24) is 9.62 Å². The van der Waals surface area contributed by atoms with E-state index in [2.05, 4.69) is 16.7 Å². The molecule has 1 aliphatic heterocycles. The highest BCUT2D eigenvalue weighted by molar-refractivity contribution is 7.97. The van der Waals surface area contributed by atoms with E-state index < -0.39 is 0 Å². The molecule has 0 amide bonds. The van der Waals surface area contributed by atoms with Gasteiger partial charge in [-0.15, -0.1) is 0 Å². The molecule has 0 radical (unpaired) electrons. The summed E-state index contributed by atoms with van der Waals surface area (Å²) in [5.74, 6) is 1.12. The molecule has 0 aliphatic carbocycles. The maximum atomic E-state index is 3.11. The Bertz CT molecular complexity index is 42.1. The summed E-state index contributed by atoms with van der Waals surface area (Å²) < 4.78 is 3.11. The second-order valence-electron chi connectivity index (χ2n) is 1.43. The van der Waals surface area contributed by atoms with Gasteiger partial charge in [-0.1, -0.05) is 11.9 Å². The molecule has 0 saturated carbocycles. The van der Waals surface area contributed by atoms with Crippen LogP contribution in [0.1, 0.15) is 0 Å². The average molecular weight is 104 g/mol. The van der Waals surface area contributed by atoms with Gasteiger partial charge in [-0.3, -0.25) is 4.90 Å². The lowest BCUT2D eigenvalue weighted by molar-refractivity contribution is 0.417. The summed E-state index contributed by atoms with van der Waals surface area (Å²) in [7, 11) is 2.09. The molecule has 1 rings (SSSR count). The summed E-state index contributed by atoms with van der Waals surface area (Å²) in [5.41, 5.74) is 0. The van der Waals surface area contributed by atoms with Crippen molar-refractivity contribution in [3.63, 3.8) is 0 Å². The van der Waals surface area contributed by atoms with Crippen molar-refractivity contribution >= 4 is 11.9 Å². The highest BCUT2D eigenvalue weighted by Crippen LogP contribution is 2.02. The van der Waals surface area contributed by atoms with Crippen LogP contribution in [0.3, 0.4) is 0 Å². The summed E-state index contributed by atoms with van der Waals surface area (Å²) in [5, 5.41) is 0. The minimum atomic E-state index is 1.03. The van der Waals surface area contributed by atoms with Crippen LogP contribution in [0.4, 0.5) is 0 Å². The number of hydrogen-bond acceptors (Lipinski definition) is 3. The molecule has 0 spiro atoms. The number of rotatable bonds is 0. The molecule has 0 aromatic carbocycles. The first-order valence-corrected chi connectivity index (χ1v) is 2.91. The van der Waals surface area contributed by atoms with Gasteiger partial charge in [0.2, 0.25) is 0 Å². The molecule has 36 valence electrons. The van der Waals surface area contributed by atoms with E-state index in [9.17, 15) is 0 Å². The summed E-state index contributed by atoms with van der Waals surface area (Å²) in [6, 6.07) is 0. The summed E-state index contributed by atoms with van der Waals surface area (Å²) in [6.45, 7) is 1.03. The molecule has 0 aromatic heterocycles. The Morgan fingerprint density at radius 3 is 2.83 bits per heavy atom. The van der Waals surface area contributed by atoms with Crippen molar-refractivity contribution in [2.75, 3.05) is 19.6 Å². The molecule has 0 bridgehead atoms. The SMILES string of the molecule is CN1CNSC1. The van der Waals surface area contributed by atoms with Crippen LogP contribution in [0.5, 0.6) is 0 Å². The van der Waals surface area contributed by atoms with Gasteiger partial charge >= 0.3 is 0 Å². The predicted molar refractivity (Wildman–Crippen MR) is 28.2 cm³/mol. The lowest BCUT2D eigenvalue weighted by Crippen LogP contribution is -2.15. The van der Waals surface area contributed by atoms with E-state index in [0.717, 1.165) is 12.5 Å². The van der Waals surface area contributed by atoms with Gasteiger partial charge < -0.3 is 0 Å². The minimum absolute atomic E-state index is 1.03. The van der Waals surface area contributed by atoms with Gasteiger partial charge in [-0.2, -0.15) is 0 Å². The van der Waals surface area contributed by atoms with Gasteiger partial charge in [-0.25, -0.2) is 4.72 Å². The fourth-order valence-corrected chi connectivity index (χ4v) is 1.07. The number of nitrogens with one attached hydrogen (secondary N) is 1. The Labute approximate surface area is 42.0 Å². The van der Waals surface area contributed by atoms with Gasteiger partial charge in [0.25, 0.3) is 0 Å². The molecular weight excluding hydrogens is 96.1 g/mol. The topological polar surface area (TPSA) is 15.3 Å². The summed E-state index contributed by atoms with van der Waals surface area (Å²) in [6.07, 6.45) is 0. The minimum Gasteiger partial charge on any atom is -0.282 e. The van der Waals surface area contributed by atoms with E-state index >= 15 is 0 Å². The predicted octanol–water partition coefficient (Wildman–Crippen LogP) is 0.0846. The van der Waals surface area contributed by atoms with Crippen LogP contribution in [-0.4, -0.2) is 24.5 Å². The van der Waals surface area contributed by atoms with E-state index in [1.807, 2.05) is 0 Å². The summed E-state index contributed by atoms with van der Waals surface area (Å²) >= 11 is 1.76. The zero-order chi connectivity index (χ0) is 4.41. The Morgan fingerprint density at radius 2 is 2.67 bits per heavy atom. The van der Waals surface area contributed by atoms with Crippen LogP contribution < -0.4 is 4.72 Å². The first kappa shape index (κ1) is 4.43. The van der Waals surface area contributed by atoms with Crippen molar-refractivity contribution < 1.29 is 0 Å². The van der Waals surface area contributed by atoms with Gasteiger partial charge in [0.15, 0.2) is 0 Å². The quantitative estimate of drug-likeness (QED) is 0.438. The van der Waals surface area contributed by atoms with Crippen molar-refractivity contribution in [1.29, 1.82) is 0 Å². The molecule has 3 heteroatoms. The fraction of sp³-hybridized carbons (Fsp3) is 1.00. The van der Waals surface area contributed by atoms with E-state index in [4.69, 9.17) is 0 Å². The zero-order valence-corrected chi connectivity index (χ0v) is 4.59. The standard InChI is InChI=1S/C3H8N2S/c1-5-2-4-6-3-5/h4H,2-3H2,1H3. The summed E-state index contributed by atoms with van der Waals surface area (Å²) in [4.78, 5) is 2.21. The lowest BCUT2D eigenvalue weighted by atomic mass is 10.9. The zero-order valence-electron chi connectivity index (χ0n) is 3.77. The smallest absolute Gasteiger partial charge is 0.0599 e. The maximum Gasteiger partial charge on any atom is 0.0599 e. The Balaban J connectivity index is 2.18. The van der Waals surface area contributed by atoms with E-state index in [-0.39, 0.29) is 0 Å². The van der Waals surface area contributed by atoms with E-state index in [1.165, 1.54) is 0 Å². The van der Waals surface area contributed by atoms with Gasteiger partial charge in [-0.05, 0) is 7.05 Å². The second-order valence-corrected chi connectivity index (χ2v) is 2.27. The van der Waals surface area contributed by atoms with Crippen molar-refractivity contribution in [3.05, 3.63) is 0 Å². The Morgan fingerprint density at radius 1 is 1.83 bits per heavy atom. The van der Waals surface area contributed by atoms with Crippen LogP contribution in [-0.2, 0) is 0 Å². The van der Waals surface area contributed by atoms with Crippen LogP contribution in [0.25, 0.3) is 0 Å². The molecule has 0 atom stereocenters. The van der Waals surface area contributed by atoms with Crippen LogP contribution in [0.2, 0.25) is 0 Å². The van der Waals surface area contributed by atoms with Crippen molar-refractivity contribution in [2.45, 2.75) is 0 Å². The molecule has 0 aromatic rings. The third-order valence-electron chi connectivity index (χ3n) is 0.721. The maximum absolute atomic E-state index is 3.11. The average Bonchev–Trinajstić information content (AvgIpc) is 1.86. The molecule has 2 nitrogen and oxygen atoms in total. The molecule has 1 aliphatic rings. The number of hydrogen-bond donors (Lipinski definition) is 1. The van der Waals surface area contributed by atoms with Crippen molar-refractivity contribution in [2.24, 2.45) is 0 Å². The van der Waals surface area contributed by atoms with Crippen molar-refractivity contribution in [3.8, 4) is 0 Å².